The summed E-state index contributed by atoms with van der Waals surface area (Å²) in [6, 6.07) is 6.12. The van der Waals surface area contributed by atoms with E-state index in [2.05, 4.69) is 16.1 Å². The van der Waals surface area contributed by atoms with Gasteiger partial charge in [-0.1, -0.05) is 12.1 Å². The molecule has 2 rings (SSSR count). The molecule has 92 valence electrons. The molecule has 17 heavy (non-hydrogen) atoms. The minimum Gasteiger partial charge on any atom is -0.495 e. The fraction of sp³-hybridized carbons (Fsp3) is 0.462. The van der Waals surface area contributed by atoms with E-state index < -0.39 is 0 Å². The molecule has 1 aliphatic heterocycles. The lowest BCUT2D eigenvalue weighted by atomic mass is 9.96. The van der Waals surface area contributed by atoms with Gasteiger partial charge in [0.1, 0.15) is 5.75 Å². The van der Waals surface area contributed by atoms with Gasteiger partial charge in [0.15, 0.2) is 0 Å². The first kappa shape index (κ1) is 11.8. The topological polar surface area (TPSA) is 47.6 Å². The molecule has 1 aliphatic rings. The summed E-state index contributed by atoms with van der Waals surface area (Å²) >= 11 is 0. The van der Waals surface area contributed by atoms with Crippen LogP contribution in [0.3, 0.4) is 0 Å². The largest absolute Gasteiger partial charge is 0.495 e. The standard InChI is InChI=1S/C13H17NO3/c1-16-11-5-3-4-9-6-7-10(14-13(9)11)8-12(15)17-2/h3-5,10,14H,6-8H2,1-2H3. The predicted molar refractivity (Wildman–Crippen MR) is 65.4 cm³/mol. The number of carbonyl (C=O) groups is 1. The van der Waals surface area contributed by atoms with Crippen molar-refractivity contribution in [1.29, 1.82) is 0 Å². The molecule has 0 fully saturated rings. The molecule has 0 bridgehead atoms. The Labute approximate surface area is 101 Å². The maximum Gasteiger partial charge on any atom is 0.307 e. The lowest BCUT2D eigenvalue weighted by molar-refractivity contribution is -0.140. The van der Waals surface area contributed by atoms with Gasteiger partial charge in [-0.25, -0.2) is 0 Å². The number of nitrogens with one attached hydrogen (secondary N) is 1. The highest BCUT2D eigenvalue weighted by atomic mass is 16.5. The maximum absolute atomic E-state index is 11.3. The fourth-order valence-electron chi connectivity index (χ4n) is 2.16. The number of carbonyl (C=O) groups excluding carboxylic acids is 1. The van der Waals surface area contributed by atoms with Crippen molar-refractivity contribution in [1.82, 2.24) is 0 Å². The number of rotatable bonds is 3. The third-order valence-electron chi connectivity index (χ3n) is 3.08. The predicted octanol–water partition coefficient (Wildman–Crippen LogP) is 1.98. The van der Waals surface area contributed by atoms with Crippen LogP contribution in [0.1, 0.15) is 18.4 Å². The molecule has 0 aliphatic carbocycles. The second-order valence-corrected chi connectivity index (χ2v) is 4.15. The Morgan fingerprint density at radius 3 is 3.00 bits per heavy atom. The van der Waals surface area contributed by atoms with Gasteiger partial charge in [0, 0.05) is 6.04 Å². The zero-order valence-electron chi connectivity index (χ0n) is 10.2. The van der Waals surface area contributed by atoms with E-state index in [4.69, 9.17) is 4.74 Å². The lowest BCUT2D eigenvalue weighted by Gasteiger charge is -2.27. The third-order valence-corrected chi connectivity index (χ3v) is 3.08. The van der Waals surface area contributed by atoms with Crippen LogP contribution >= 0.6 is 0 Å². The van der Waals surface area contributed by atoms with Gasteiger partial charge in [0.25, 0.3) is 0 Å². The molecule has 1 aromatic carbocycles. The van der Waals surface area contributed by atoms with E-state index in [-0.39, 0.29) is 12.0 Å². The summed E-state index contributed by atoms with van der Waals surface area (Å²) in [5, 5.41) is 3.36. The van der Waals surface area contributed by atoms with E-state index in [0.717, 1.165) is 24.3 Å². The first-order valence-corrected chi connectivity index (χ1v) is 5.74. The van der Waals surface area contributed by atoms with Crippen LogP contribution in [-0.4, -0.2) is 26.2 Å². The Kier molecular flexibility index (Phi) is 3.52. The summed E-state index contributed by atoms with van der Waals surface area (Å²) in [5.74, 6) is 0.651. The van der Waals surface area contributed by atoms with Crippen molar-refractivity contribution in [3.8, 4) is 5.75 Å². The molecule has 0 radical (unpaired) electrons. The quantitative estimate of drug-likeness (QED) is 0.814. The van der Waals surface area contributed by atoms with Crippen molar-refractivity contribution in [3.05, 3.63) is 23.8 Å². The van der Waals surface area contributed by atoms with Crippen molar-refractivity contribution in [2.45, 2.75) is 25.3 Å². The van der Waals surface area contributed by atoms with Crippen LogP contribution in [0.25, 0.3) is 0 Å². The molecule has 0 saturated carbocycles. The summed E-state index contributed by atoms with van der Waals surface area (Å²) in [7, 11) is 3.07. The van der Waals surface area contributed by atoms with Crippen LogP contribution in [0.4, 0.5) is 5.69 Å². The van der Waals surface area contributed by atoms with Crippen LogP contribution in [0.15, 0.2) is 18.2 Å². The van der Waals surface area contributed by atoms with Crippen molar-refractivity contribution in [2.75, 3.05) is 19.5 Å². The molecular formula is C13H17NO3. The highest BCUT2D eigenvalue weighted by Crippen LogP contribution is 2.34. The molecule has 1 unspecified atom stereocenters. The average molecular weight is 235 g/mol. The molecule has 0 saturated heterocycles. The van der Waals surface area contributed by atoms with Gasteiger partial charge < -0.3 is 14.8 Å². The van der Waals surface area contributed by atoms with E-state index in [1.54, 1.807) is 7.11 Å². The first-order chi connectivity index (χ1) is 8.24. The number of aryl methyl sites for hydroxylation is 1. The summed E-state index contributed by atoms with van der Waals surface area (Å²) in [6.07, 6.45) is 2.30. The number of benzene rings is 1. The molecule has 1 N–H and O–H groups in total. The molecular weight excluding hydrogens is 218 g/mol. The number of esters is 1. The van der Waals surface area contributed by atoms with Gasteiger partial charge in [0.2, 0.25) is 0 Å². The van der Waals surface area contributed by atoms with Crippen LogP contribution in [0.5, 0.6) is 5.75 Å². The zero-order valence-corrected chi connectivity index (χ0v) is 10.2. The Morgan fingerprint density at radius 2 is 2.29 bits per heavy atom. The van der Waals surface area contributed by atoms with Crippen LogP contribution < -0.4 is 10.1 Å². The second kappa shape index (κ2) is 5.08. The van der Waals surface area contributed by atoms with Crippen molar-refractivity contribution < 1.29 is 14.3 Å². The average Bonchev–Trinajstić information content (AvgIpc) is 2.37. The highest BCUT2D eigenvalue weighted by Gasteiger charge is 2.22. The van der Waals surface area contributed by atoms with E-state index in [9.17, 15) is 4.79 Å². The number of methoxy groups -OCH3 is 2. The molecule has 0 aromatic heterocycles. The lowest BCUT2D eigenvalue weighted by Crippen LogP contribution is -2.28. The maximum atomic E-state index is 11.3. The number of anilines is 1. The number of hydrogen-bond acceptors (Lipinski definition) is 4. The van der Waals surface area contributed by atoms with Crippen LogP contribution in [-0.2, 0) is 16.0 Å². The van der Waals surface area contributed by atoms with E-state index >= 15 is 0 Å². The number of para-hydroxylation sites is 1. The summed E-state index contributed by atoms with van der Waals surface area (Å²) < 4.78 is 10.0. The van der Waals surface area contributed by atoms with Gasteiger partial charge >= 0.3 is 5.97 Å². The zero-order chi connectivity index (χ0) is 12.3. The Bertz CT molecular complexity index is 403. The summed E-state index contributed by atoms with van der Waals surface area (Å²) in [4.78, 5) is 11.3. The Morgan fingerprint density at radius 1 is 1.47 bits per heavy atom. The minimum absolute atomic E-state index is 0.131. The molecule has 1 aromatic rings. The highest BCUT2D eigenvalue weighted by molar-refractivity contribution is 5.72. The second-order valence-electron chi connectivity index (χ2n) is 4.15. The van der Waals surface area contributed by atoms with E-state index in [1.807, 2.05) is 12.1 Å². The molecule has 4 heteroatoms. The number of fused-ring (bicyclic) bond motifs is 1. The van der Waals surface area contributed by atoms with Gasteiger partial charge in [-0.2, -0.15) is 0 Å². The van der Waals surface area contributed by atoms with E-state index in [0.29, 0.717) is 6.42 Å². The van der Waals surface area contributed by atoms with Crippen LogP contribution in [0, 0.1) is 0 Å². The van der Waals surface area contributed by atoms with Crippen LogP contribution in [0.2, 0.25) is 0 Å². The van der Waals surface area contributed by atoms with Gasteiger partial charge in [-0.15, -0.1) is 0 Å². The van der Waals surface area contributed by atoms with Crippen molar-refractivity contribution in [3.63, 3.8) is 0 Å². The first-order valence-electron chi connectivity index (χ1n) is 5.74. The normalized spacial score (nSPS) is 17.9. The van der Waals surface area contributed by atoms with Crippen molar-refractivity contribution in [2.24, 2.45) is 0 Å². The minimum atomic E-state index is -0.180. The smallest absolute Gasteiger partial charge is 0.307 e. The monoisotopic (exact) mass is 235 g/mol. The van der Waals surface area contributed by atoms with Gasteiger partial charge in [-0.05, 0) is 24.5 Å². The third kappa shape index (κ3) is 2.52. The Balaban J connectivity index is 2.14. The Hall–Kier alpha value is -1.71. The molecule has 1 heterocycles. The van der Waals surface area contributed by atoms with E-state index in [1.165, 1.54) is 12.7 Å². The van der Waals surface area contributed by atoms with Crippen molar-refractivity contribution >= 4 is 11.7 Å². The molecule has 0 spiro atoms. The summed E-state index contributed by atoms with van der Waals surface area (Å²) in [5.41, 5.74) is 2.25. The summed E-state index contributed by atoms with van der Waals surface area (Å²) in [6.45, 7) is 0. The number of hydrogen-bond donors (Lipinski definition) is 1. The SMILES string of the molecule is COC(=O)CC1CCc2cccc(OC)c2N1. The van der Waals surface area contributed by atoms with Gasteiger partial charge in [-0.3, -0.25) is 4.79 Å². The molecule has 0 amide bonds. The molecule has 1 atom stereocenters. The fourth-order valence-corrected chi connectivity index (χ4v) is 2.16. The van der Waals surface area contributed by atoms with Gasteiger partial charge in [0.05, 0.1) is 26.3 Å². The number of ether oxygens (including phenoxy) is 2. The molecule has 4 nitrogen and oxygen atoms in total.